The highest BCUT2D eigenvalue weighted by Gasteiger charge is 1.99. The minimum absolute atomic E-state index is 0.692. The van der Waals surface area contributed by atoms with Crippen molar-refractivity contribution in [3.63, 3.8) is 0 Å². The van der Waals surface area contributed by atoms with Gasteiger partial charge in [-0.1, -0.05) is 11.6 Å². The molecule has 9 heavy (non-hydrogen) atoms. The Labute approximate surface area is 62.3 Å². The van der Waals surface area contributed by atoms with Crippen LogP contribution in [-0.4, -0.2) is 6.29 Å². The maximum atomic E-state index is 10.1. The lowest BCUT2D eigenvalue weighted by atomic mass is 10.3. The summed E-state index contributed by atoms with van der Waals surface area (Å²) in [6.45, 7) is 1.88. The van der Waals surface area contributed by atoms with Crippen molar-refractivity contribution in [3.05, 3.63) is 20.8 Å². The zero-order valence-electron chi connectivity index (χ0n) is 4.85. The lowest BCUT2D eigenvalue weighted by molar-refractivity contribution is 0.112. The van der Waals surface area contributed by atoms with Crippen LogP contribution in [0.3, 0.4) is 0 Å². The Morgan fingerprint density at radius 3 is 2.67 bits per heavy atom. The number of carbonyl (C=O) groups excluding carboxylic acids is 1. The van der Waals surface area contributed by atoms with Crippen molar-refractivity contribution in [2.24, 2.45) is 0 Å². The predicted octanol–water partition coefficient (Wildman–Crippen LogP) is 2.52. The van der Waals surface area contributed by atoms with Crippen LogP contribution in [-0.2, 0) is 0 Å². The molecule has 0 amide bonds. The zero-order chi connectivity index (χ0) is 6.85. The van der Waals surface area contributed by atoms with Crippen molar-refractivity contribution in [2.75, 3.05) is 0 Å². The van der Waals surface area contributed by atoms with Gasteiger partial charge in [0.15, 0.2) is 6.29 Å². The Morgan fingerprint density at radius 2 is 2.44 bits per heavy atom. The van der Waals surface area contributed by atoms with E-state index in [1.807, 2.05) is 6.92 Å². The average molecular weight is 161 g/mol. The summed E-state index contributed by atoms with van der Waals surface area (Å²) in [7, 11) is 0. The van der Waals surface area contributed by atoms with Gasteiger partial charge in [-0.05, 0) is 18.6 Å². The van der Waals surface area contributed by atoms with Crippen LogP contribution in [0.1, 0.15) is 15.2 Å². The Morgan fingerprint density at radius 1 is 1.78 bits per heavy atom. The van der Waals surface area contributed by atoms with E-state index in [-0.39, 0.29) is 0 Å². The van der Waals surface area contributed by atoms with Crippen LogP contribution in [0.2, 0.25) is 4.34 Å². The maximum Gasteiger partial charge on any atom is 0.160 e. The van der Waals surface area contributed by atoms with Gasteiger partial charge < -0.3 is 0 Å². The van der Waals surface area contributed by atoms with Crippen LogP contribution >= 0.6 is 22.9 Å². The maximum absolute atomic E-state index is 10.1. The molecule has 0 atom stereocenters. The van der Waals surface area contributed by atoms with Gasteiger partial charge in [0.25, 0.3) is 0 Å². The molecule has 0 saturated heterocycles. The lowest BCUT2D eigenvalue weighted by Crippen LogP contribution is -1.64. The van der Waals surface area contributed by atoms with Crippen molar-refractivity contribution in [1.29, 1.82) is 0 Å². The summed E-state index contributed by atoms with van der Waals surface area (Å²) < 4.78 is 0.706. The molecule has 0 radical (unpaired) electrons. The monoisotopic (exact) mass is 160 g/mol. The molecule has 0 aromatic carbocycles. The van der Waals surface area contributed by atoms with Crippen molar-refractivity contribution in [2.45, 2.75) is 6.92 Å². The van der Waals surface area contributed by atoms with Crippen molar-refractivity contribution < 1.29 is 4.79 Å². The highest BCUT2D eigenvalue weighted by molar-refractivity contribution is 7.17. The first-order valence-electron chi connectivity index (χ1n) is 2.45. The standard InChI is InChI=1S/C6H5ClOS/c1-4-2-5(3-8)9-6(4)7/h2-3H,1H3. The van der Waals surface area contributed by atoms with Gasteiger partial charge in [0, 0.05) is 0 Å². The van der Waals surface area contributed by atoms with E-state index in [0.717, 1.165) is 11.8 Å². The van der Waals surface area contributed by atoms with Gasteiger partial charge in [0.05, 0.1) is 9.21 Å². The average Bonchev–Trinajstić information content (AvgIpc) is 2.13. The summed E-state index contributed by atoms with van der Waals surface area (Å²) in [6, 6.07) is 1.78. The number of aldehydes is 1. The molecule has 48 valence electrons. The molecule has 1 nitrogen and oxygen atoms in total. The van der Waals surface area contributed by atoms with E-state index >= 15 is 0 Å². The number of hydrogen-bond donors (Lipinski definition) is 0. The molecule has 0 aliphatic heterocycles. The lowest BCUT2D eigenvalue weighted by Gasteiger charge is -1.76. The van der Waals surface area contributed by atoms with Crippen LogP contribution in [0, 0.1) is 6.92 Å². The quantitative estimate of drug-likeness (QED) is 0.577. The van der Waals surface area contributed by atoms with Crippen LogP contribution in [0.15, 0.2) is 6.07 Å². The Bertz CT molecular complexity index is 209. The van der Waals surface area contributed by atoms with Crippen LogP contribution in [0.4, 0.5) is 0 Å². The van der Waals surface area contributed by atoms with E-state index in [1.54, 1.807) is 6.07 Å². The molecule has 0 N–H and O–H groups in total. The molecule has 1 aromatic heterocycles. The molecular formula is C6H5ClOS. The largest absolute Gasteiger partial charge is 0.297 e. The first-order chi connectivity index (χ1) is 4.24. The first-order valence-corrected chi connectivity index (χ1v) is 3.64. The second-order valence-electron chi connectivity index (χ2n) is 1.72. The smallest absolute Gasteiger partial charge is 0.160 e. The molecule has 0 saturated carbocycles. The van der Waals surface area contributed by atoms with Gasteiger partial charge in [-0.25, -0.2) is 0 Å². The molecule has 0 aliphatic carbocycles. The first kappa shape index (κ1) is 6.78. The van der Waals surface area contributed by atoms with Crippen molar-refractivity contribution in [1.82, 2.24) is 0 Å². The van der Waals surface area contributed by atoms with Gasteiger partial charge >= 0.3 is 0 Å². The Hall–Kier alpha value is -0.340. The topological polar surface area (TPSA) is 17.1 Å². The van der Waals surface area contributed by atoms with Gasteiger partial charge in [0.1, 0.15) is 0 Å². The summed E-state index contributed by atoms with van der Waals surface area (Å²) in [5, 5.41) is 0. The molecule has 1 heterocycles. The fourth-order valence-electron chi connectivity index (χ4n) is 0.542. The molecule has 0 fully saturated rings. The number of thiophene rings is 1. The highest BCUT2D eigenvalue weighted by atomic mass is 35.5. The third-order valence-electron chi connectivity index (χ3n) is 0.992. The Balaban J connectivity index is 3.11. The number of hydrogen-bond acceptors (Lipinski definition) is 2. The summed E-state index contributed by atoms with van der Waals surface area (Å²) in [5.74, 6) is 0. The van der Waals surface area contributed by atoms with E-state index in [4.69, 9.17) is 11.6 Å². The van der Waals surface area contributed by atoms with E-state index in [9.17, 15) is 4.79 Å². The summed E-state index contributed by atoms with van der Waals surface area (Å²) >= 11 is 6.98. The van der Waals surface area contributed by atoms with E-state index < -0.39 is 0 Å². The van der Waals surface area contributed by atoms with Crippen LogP contribution in [0.5, 0.6) is 0 Å². The minimum Gasteiger partial charge on any atom is -0.297 e. The van der Waals surface area contributed by atoms with Crippen LogP contribution < -0.4 is 0 Å². The molecular weight excluding hydrogens is 156 g/mol. The van der Waals surface area contributed by atoms with Crippen molar-refractivity contribution >= 4 is 29.2 Å². The number of rotatable bonds is 1. The molecule has 0 unspecified atom stereocenters. The van der Waals surface area contributed by atoms with E-state index in [1.165, 1.54) is 11.3 Å². The highest BCUT2D eigenvalue weighted by Crippen LogP contribution is 2.25. The fraction of sp³-hybridized carbons (Fsp3) is 0.167. The summed E-state index contributed by atoms with van der Waals surface area (Å²) in [6.07, 6.45) is 0.809. The number of halogens is 1. The second kappa shape index (κ2) is 2.50. The molecule has 3 heteroatoms. The van der Waals surface area contributed by atoms with Gasteiger partial charge in [-0.3, -0.25) is 4.79 Å². The van der Waals surface area contributed by atoms with Gasteiger partial charge in [-0.2, -0.15) is 0 Å². The normalized spacial score (nSPS) is 9.56. The zero-order valence-corrected chi connectivity index (χ0v) is 6.42. The third-order valence-corrected chi connectivity index (χ3v) is 2.47. The van der Waals surface area contributed by atoms with Gasteiger partial charge in [-0.15, -0.1) is 11.3 Å². The predicted molar refractivity (Wildman–Crippen MR) is 39.5 cm³/mol. The SMILES string of the molecule is Cc1cc(C=O)sc1Cl. The second-order valence-corrected chi connectivity index (χ2v) is 3.41. The van der Waals surface area contributed by atoms with Crippen molar-refractivity contribution in [3.8, 4) is 0 Å². The summed E-state index contributed by atoms with van der Waals surface area (Å²) in [5.41, 5.74) is 0.976. The molecule has 1 rings (SSSR count). The Kier molecular flexibility index (Phi) is 1.88. The van der Waals surface area contributed by atoms with E-state index in [0.29, 0.717) is 9.21 Å². The molecule has 0 spiro atoms. The molecule has 0 bridgehead atoms. The number of aryl methyl sites for hydroxylation is 1. The molecule has 1 aromatic rings. The third kappa shape index (κ3) is 1.32. The number of carbonyl (C=O) groups is 1. The molecule has 0 aliphatic rings. The van der Waals surface area contributed by atoms with E-state index in [2.05, 4.69) is 0 Å². The summed E-state index contributed by atoms with van der Waals surface area (Å²) in [4.78, 5) is 10.8. The van der Waals surface area contributed by atoms with Gasteiger partial charge in [0.2, 0.25) is 0 Å². The minimum atomic E-state index is 0.692. The van der Waals surface area contributed by atoms with Crippen LogP contribution in [0.25, 0.3) is 0 Å². The fourth-order valence-corrected chi connectivity index (χ4v) is 1.57.